The van der Waals surface area contributed by atoms with Crippen LogP contribution in [0.15, 0.2) is 0 Å². The molecule has 1 atom stereocenters. The summed E-state index contributed by atoms with van der Waals surface area (Å²) in [5.41, 5.74) is 0.183. The van der Waals surface area contributed by atoms with Gasteiger partial charge < -0.3 is 0 Å². The number of hydrogen-bond donors (Lipinski definition) is 0. The minimum absolute atomic E-state index is 0.183. The Morgan fingerprint density at radius 3 is 2.17 bits per heavy atom. The van der Waals surface area contributed by atoms with Crippen LogP contribution in [-0.4, -0.2) is 12.7 Å². The van der Waals surface area contributed by atoms with Gasteiger partial charge in [-0.2, -0.15) is 0 Å². The van der Waals surface area contributed by atoms with Crippen LogP contribution in [0.4, 0.5) is 4.39 Å². The topological polar surface area (TPSA) is 0 Å². The summed E-state index contributed by atoms with van der Waals surface area (Å²) in [6.45, 7) is 1.72. The van der Waals surface area contributed by atoms with Crippen LogP contribution in [0.3, 0.4) is 0 Å². The summed E-state index contributed by atoms with van der Waals surface area (Å²) in [6.07, 6.45) is 3.40. The van der Waals surface area contributed by atoms with E-state index in [1.54, 1.807) is 0 Å². The van der Waals surface area contributed by atoms with Crippen molar-refractivity contribution in [3.63, 3.8) is 0 Å². The number of halogens is 4. The molecule has 0 N–H and O–H groups in total. The number of hydrogen-bond acceptors (Lipinski definition) is 0. The number of alkyl halides is 1. The third-order valence-corrected chi connectivity index (χ3v) is 6.59. The molecule has 0 heterocycles. The Balaban J connectivity index is 3.38. The second kappa shape index (κ2) is 6.47. The van der Waals surface area contributed by atoms with Crippen LogP contribution in [0, 0.1) is 0 Å². The molecule has 0 fully saturated rings. The highest BCUT2D eigenvalue weighted by Crippen LogP contribution is 2.36. The molecule has 74 valence electrons. The van der Waals surface area contributed by atoms with Crippen molar-refractivity contribution >= 4 is 39.2 Å². The van der Waals surface area contributed by atoms with E-state index in [4.69, 9.17) is 33.2 Å². The molecule has 0 bridgehead atoms. The van der Waals surface area contributed by atoms with Crippen molar-refractivity contribution in [3.05, 3.63) is 0 Å². The molecule has 0 rings (SSSR count). The van der Waals surface area contributed by atoms with E-state index in [1.165, 1.54) is 0 Å². The fourth-order valence-corrected chi connectivity index (χ4v) is 2.40. The molecule has 12 heavy (non-hydrogen) atoms. The molecule has 0 nitrogen and oxygen atoms in total. The van der Waals surface area contributed by atoms with Crippen molar-refractivity contribution in [1.82, 2.24) is 0 Å². The van der Waals surface area contributed by atoms with E-state index in [1.807, 2.05) is 6.92 Å². The van der Waals surface area contributed by atoms with Gasteiger partial charge in [0.2, 0.25) is 0 Å². The predicted octanol–water partition coefficient (Wildman–Crippen LogP) is 4.56. The van der Waals surface area contributed by atoms with Crippen molar-refractivity contribution in [2.75, 3.05) is 6.67 Å². The van der Waals surface area contributed by atoms with Crippen LogP contribution in [0.5, 0.6) is 0 Å². The summed E-state index contributed by atoms with van der Waals surface area (Å²) < 4.78 is 11.7. The van der Waals surface area contributed by atoms with E-state index in [2.05, 4.69) is 0 Å². The zero-order chi connectivity index (χ0) is 9.61. The maximum Gasteiger partial charge on any atom is 0.344 e. The Kier molecular flexibility index (Phi) is 7.02. The van der Waals surface area contributed by atoms with Gasteiger partial charge in [-0.3, -0.25) is 4.39 Å². The fraction of sp³-hybridized carbons (Fsp3) is 1.00. The highest BCUT2D eigenvalue weighted by Gasteiger charge is 2.32. The van der Waals surface area contributed by atoms with Crippen LogP contribution in [0.2, 0.25) is 5.54 Å². The van der Waals surface area contributed by atoms with Crippen molar-refractivity contribution in [2.24, 2.45) is 0 Å². The highest BCUT2D eigenvalue weighted by molar-refractivity contribution is 7.65. The van der Waals surface area contributed by atoms with Gasteiger partial charge in [-0.05, 0) is 18.4 Å². The van der Waals surface area contributed by atoms with E-state index < -0.39 is 6.00 Å². The number of rotatable bonds is 6. The first-order valence-electron chi connectivity index (χ1n) is 4.11. The first-order chi connectivity index (χ1) is 5.48. The lowest BCUT2D eigenvalue weighted by atomic mass is 10.2. The van der Waals surface area contributed by atoms with E-state index in [-0.39, 0.29) is 12.2 Å². The summed E-state index contributed by atoms with van der Waals surface area (Å²) in [5, 5.41) is 0. The second-order valence-corrected chi connectivity index (χ2v) is 12.2. The monoisotopic (exact) mass is 250 g/mol. The van der Waals surface area contributed by atoms with Gasteiger partial charge in [0, 0.05) is 0 Å². The lowest BCUT2D eigenvalue weighted by molar-refractivity contribution is 0.452. The summed E-state index contributed by atoms with van der Waals surface area (Å²) in [7, 11) is 0. The van der Waals surface area contributed by atoms with Crippen molar-refractivity contribution in [3.8, 4) is 0 Å². The molecule has 0 aromatic rings. The standard InChI is InChI=1S/C7H14Cl3FSi/c1-7(12(8,9)10)5-3-2-4-6-11/h7H,2-6H2,1H3. The summed E-state index contributed by atoms with van der Waals surface area (Å²) >= 11 is 17.4. The van der Waals surface area contributed by atoms with Crippen LogP contribution in [0.1, 0.15) is 32.6 Å². The zero-order valence-corrected chi connectivity index (χ0v) is 10.4. The minimum atomic E-state index is -2.50. The largest absolute Gasteiger partial charge is 0.344 e. The van der Waals surface area contributed by atoms with Gasteiger partial charge >= 0.3 is 6.00 Å². The molecule has 5 heteroatoms. The Labute approximate surface area is 88.5 Å². The molecule has 0 aliphatic carbocycles. The minimum Gasteiger partial charge on any atom is -0.251 e. The van der Waals surface area contributed by atoms with Gasteiger partial charge in [-0.25, -0.2) is 0 Å². The van der Waals surface area contributed by atoms with E-state index in [0.717, 1.165) is 19.3 Å². The summed E-state index contributed by atoms with van der Waals surface area (Å²) in [5.74, 6) is 0. The third-order valence-electron chi connectivity index (χ3n) is 1.83. The average Bonchev–Trinajstić information content (AvgIpc) is 1.96. The van der Waals surface area contributed by atoms with E-state index in [0.29, 0.717) is 6.42 Å². The molecule has 0 saturated heterocycles. The maximum atomic E-state index is 11.7. The molecular weight excluding hydrogens is 238 g/mol. The Morgan fingerprint density at radius 2 is 1.75 bits per heavy atom. The maximum absolute atomic E-state index is 11.7. The SMILES string of the molecule is CC(CCCCCF)[Si](Cl)(Cl)Cl. The summed E-state index contributed by atoms with van der Waals surface area (Å²) in [6, 6.07) is -2.50. The smallest absolute Gasteiger partial charge is 0.251 e. The Hall–Kier alpha value is 1.02. The quantitative estimate of drug-likeness (QED) is 0.369. The third kappa shape index (κ3) is 6.52. The predicted molar refractivity (Wildman–Crippen MR) is 57.2 cm³/mol. The van der Waals surface area contributed by atoms with E-state index >= 15 is 0 Å². The van der Waals surface area contributed by atoms with Crippen molar-refractivity contribution in [1.29, 1.82) is 0 Å². The lowest BCUT2D eigenvalue weighted by Gasteiger charge is -2.16. The molecule has 0 radical (unpaired) electrons. The van der Waals surface area contributed by atoms with Gasteiger partial charge in [0.05, 0.1) is 6.67 Å². The zero-order valence-electron chi connectivity index (χ0n) is 7.12. The van der Waals surface area contributed by atoms with Gasteiger partial charge in [-0.15, -0.1) is 33.2 Å². The van der Waals surface area contributed by atoms with Crippen LogP contribution < -0.4 is 0 Å². The fourth-order valence-electron chi connectivity index (χ4n) is 0.885. The van der Waals surface area contributed by atoms with Crippen LogP contribution >= 0.6 is 33.2 Å². The van der Waals surface area contributed by atoms with Gasteiger partial charge in [0.25, 0.3) is 0 Å². The first-order valence-corrected chi connectivity index (χ1v) is 9.22. The molecule has 0 amide bonds. The highest BCUT2D eigenvalue weighted by atomic mass is 35.8. The number of unbranched alkanes of at least 4 members (excludes halogenated alkanes) is 2. The Morgan fingerprint density at radius 1 is 1.17 bits per heavy atom. The second-order valence-electron chi connectivity index (χ2n) is 2.98. The van der Waals surface area contributed by atoms with Crippen LogP contribution in [-0.2, 0) is 0 Å². The van der Waals surface area contributed by atoms with Crippen molar-refractivity contribution < 1.29 is 4.39 Å². The summed E-state index contributed by atoms with van der Waals surface area (Å²) in [4.78, 5) is 0. The molecule has 1 unspecified atom stereocenters. The molecule has 0 aromatic heterocycles. The van der Waals surface area contributed by atoms with Gasteiger partial charge in [0.15, 0.2) is 0 Å². The Bertz CT molecular complexity index is 116. The molecule has 0 aliphatic rings. The van der Waals surface area contributed by atoms with Crippen LogP contribution in [0.25, 0.3) is 0 Å². The van der Waals surface area contributed by atoms with Gasteiger partial charge in [0.1, 0.15) is 0 Å². The van der Waals surface area contributed by atoms with Gasteiger partial charge in [-0.1, -0.05) is 19.8 Å². The van der Waals surface area contributed by atoms with Crippen molar-refractivity contribution in [2.45, 2.75) is 38.1 Å². The average molecular weight is 252 g/mol. The lowest BCUT2D eigenvalue weighted by Crippen LogP contribution is -2.16. The molecule has 0 spiro atoms. The first kappa shape index (κ1) is 13.0. The molecule has 0 aromatic carbocycles. The van der Waals surface area contributed by atoms with E-state index in [9.17, 15) is 4.39 Å². The molecular formula is C7H14Cl3FSi. The molecule has 0 aliphatic heterocycles. The normalized spacial score (nSPS) is 14.8. The molecule has 0 saturated carbocycles.